The van der Waals surface area contributed by atoms with Crippen LogP contribution in [0.1, 0.15) is 48.3 Å². The molecule has 2 aromatic heterocycles. The molecule has 8 nitrogen and oxygen atoms in total. The summed E-state index contributed by atoms with van der Waals surface area (Å²) in [6, 6.07) is 1.73. The number of nitrogens with two attached hydrogens (primary N) is 1. The Morgan fingerprint density at radius 3 is 2.88 bits per heavy atom. The zero-order valence-electron chi connectivity index (χ0n) is 14.6. The maximum atomic E-state index is 12.1. The van der Waals surface area contributed by atoms with Gasteiger partial charge in [0.15, 0.2) is 9.84 Å². The van der Waals surface area contributed by atoms with Crippen molar-refractivity contribution in [2.75, 3.05) is 24.7 Å². The van der Waals surface area contributed by atoms with Gasteiger partial charge in [-0.1, -0.05) is 6.92 Å². The Morgan fingerprint density at radius 2 is 2.27 bits per heavy atom. The molecule has 4 heterocycles. The quantitative estimate of drug-likeness (QED) is 0.850. The minimum Gasteiger partial charge on any atom is -0.379 e. The fourth-order valence-electron chi connectivity index (χ4n) is 3.95. The Balaban J connectivity index is 1.89. The van der Waals surface area contributed by atoms with E-state index in [2.05, 4.69) is 4.98 Å². The minimum absolute atomic E-state index is 0.0338. The second kappa shape index (κ2) is 6.02. The summed E-state index contributed by atoms with van der Waals surface area (Å²) < 4.78 is 31.6. The third-order valence-electron chi connectivity index (χ3n) is 5.39. The van der Waals surface area contributed by atoms with Crippen LogP contribution in [0.4, 0.5) is 0 Å². The molecule has 0 spiro atoms. The molecule has 0 radical (unpaired) electrons. The summed E-state index contributed by atoms with van der Waals surface area (Å²) in [5, 5.41) is 4.79. The number of sulfone groups is 1. The van der Waals surface area contributed by atoms with E-state index < -0.39 is 21.2 Å². The van der Waals surface area contributed by atoms with Crippen LogP contribution in [-0.4, -0.2) is 53.8 Å². The fraction of sp³-hybridized carbons (Fsp3) is 0.588. The molecule has 0 saturated carbocycles. The van der Waals surface area contributed by atoms with Gasteiger partial charge in [-0.2, -0.15) is 5.10 Å². The van der Waals surface area contributed by atoms with E-state index in [-0.39, 0.29) is 17.5 Å². The van der Waals surface area contributed by atoms with Gasteiger partial charge in [0, 0.05) is 18.2 Å². The Bertz CT molecular complexity index is 978. The topological polar surface area (TPSA) is 117 Å². The number of primary amides is 1. The van der Waals surface area contributed by atoms with E-state index in [1.165, 1.54) is 6.20 Å². The van der Waals surface area contributed by atoms with Gasteiger partial charge in [-0.15, -0.1) is 0 Å². The largest absolute Gasteiger partial charge is 0.379 e. The highest BCUT2D eigenvalue weighted by Crippen LogP contribution is 2.39. The van der Waals surface area contributed by atoms with Crippen molar-refractivity contribution in [1.29, 1.82) is 0 Å². The zero-order chi connectivity index (χ0) is 18.5. The van der Waals surface area contributed by atoms with Crippen LogP contribution < -0.4 is 5.73 Å². The van der Waals surface area contributed by atoms with Gasteiger partial charge in [-0.25, -0.2) is 8.42 Å². The van der Waals surface area contributed by atoms with Crippen LogP contribution >= 0.6 is 0 Å². The van der Waals surface area contributed by atoms with Gasteiger partial charge >= 0.3 is 0 Å². The molecule has 2 fully saturated rings. The monoisotopic (exact) mass is 378 g/mol. The standard InChI is InChI=1S/C17H22N4O4S/c1-17(4-6-26(23,24)10-17)15-14-13(7-11(8-19-14)16(18)22)21(20-15)12-3-2-5-25-9-12/h7-8,12H,2-6,9-10H2,1H3,(H2,18,22)/t12-,17+/m0/s1. The number of amides is 1. The van der Waals surface area contributed by atoms with Gasteiger partial charge in [0.2, 0.25) is 5.91 Å². The van der Waals surface area contributed by atoms with Crippen molar-refractivity contribution < 1.29 is 17.9 Å². The summed E-state index contributed by atoms with van der Waals surface area (Å²) in [6.45, 7) is 3.18. The van der Waals surface area contributed by atoms with Gasteiger partial charge in [-0.05, 0) is 25.3 Å². The minimum atomic E-state index is -3.08. The number of nitrogens with zero attached hydrogens (tertiary/aromatic N) is 3. The van der Waals surface area contributed by atoms with Crippen LogP contribution in [0, 0.1) is 0 Å². The van der Waals surface area contributed by atoms with Crippen molar-refractivity contribution in [2.24, 2.45) is 5.73 Å². The van der Waals surface area contributed by atoms with E-state index >= 15 is 0 Å². The van der Waals surface area contributed by atoms with Crippen molar-refractivity contribution in [3.8, 4) is 0 Å². The van der Waals surface area contributed by atoms with Crippen molar-refractivity contribution in [3.05, 3.63) is 23.5 Å². The summed E-state index contributed by atoms with van der Waals surface area (Å²) in [5.74, 6) is -0.334. The number of ether oxygens (including phenoxy) is 1. The van der Waals surface area contributed by atoms with E-state index in [0.29, 0.717) is 35.3 Å². The second-order valence-corrected chi connectivity index (χ2v) is 9.71. The number of hydrogen-bond acceptors (Lipinski definition) is 6. The number of carbonyl (C=O) groups excluding carboxylic acids is 1. The van der Waals surface area contributed by atoms with Gasteiger partial charge in [0.05, 0.1) is 40.9 Å². The van der Waals surface area contributed by atoms with Crippen LogP contribution in [0.2, 0.25) is 0 Å². The maximum absolute atomic E-state index is 12.1. The highest BCUT2D eigenvalue weighted by Gasteiger charge is 2.43. The lowest BCUT2D eigenvalue weighted by Gasteiger charge is -2.23. The highest BCUT2D eigenvalue weighted by atomic mass is 32.2. The SMILES string of the molecule is C[C@@]1(c2nn([C@H]3CCCOC3)c3cc(C(N)=O)cnc23)CCS(=O)(=O)C1. The molecule has 0 aromatic carbocycles. The Labute approximate surface area is 151 Å². The number of fused-ring (bicyclic) bond motifs is 1. The molecule has 26 heavy (non-hydrogen) atoms. The summed E-state index contributed by atoms with van der Waals surface area (Å²) in [5.41, 5.74) is 7.16. The van der Waals surface area contributed by atoms with Crippen LogP contribution in [0.25, 0.3) is 11.0 Å². The first-order valence-corrected chi connectivity index (χ1v) is 10.6. The summed E-state index contributed by atoms with van der Waals surface area (Å²) in [4.78, 5) is 16.0. The maximum Gasteiger partial charge on any atom is 0.250 e. The Hall–Kier alpha value is -2.00. The lowest BCUT2D eigenvalue weighted by Crippen LogP contribution is -2.26. The molecule has 1 amide bonds. The van der Waals surface area contributed by atoms with Gasteiger partial charge < -0.3 is 10.5 Å². The van der Waals surface area contributed by atoms with Crippen LogP contribution in [-0.2, 0) is 20.0 Å². The molecule has 9 heteroatoms. The first-order chi connectivity index (χ1) is 12.3. The molecule has 4 rings (SSSR count). The average Bonchev–Trinajstić information content (AvgIpc) is 3.13. The van der Waals surface area contributed by atoms with Crippen LogP contribution in [0.3, 0.4) is 0 Å². The second-order valence-electron chi connectivity index (χ2n) is 7.52. The van der Waals surface area contributed by atoms with Gasteiger partial charge in [-0.3, -0.25) is 14.5 Å². The summed E-state index contributed by atoms with van der Waals surface area (Å²) in [6.07, 6.45) is 3.79. The molecule has 0 bridgehead atoms. The first-order valence-electron chi connectivity index (χ1n) is 8.76. The average molecular weight is 378 g/mol. The molecule has 2 saturated heterocycles. The third kappa shape index (κ3) is 2.88. The molecular weight excluding hydrogens is 356 g/mol. The molecule has 2 atom stereocenters. The predicted molar refractivity (Wildman–Crippen MR) is 95.8 cm³/mol. The van der Waals surface area contributed by atoms with Crippen molar-refractivity contribution >= 4 is 26.8 Å². The smallest absolute Gasteiger partial charge is 0.250 e. The molecule has 2 aliphatic heterocycles. The molecule has 0 unspecified atom stereocenters. The van der Waals surface area contributed by atoms with Gasteiger partial charge in [0.25, 0.3) is 0 Å². The van der Waals surface area contributed by atoms with Crippen molar-refractivity contribution in [1.82, 2.24) is 14.8 Å². The molecule has 2 aromatic rings. The zero-order valence-corrected chi connectivity index (χ0v) is 15.5. The molecule has 0 aliphatic carbocycles. The van der Waals surface area contributed by atoms with Gasteiger partial charge in [0.1, 0.15) is 5.52 Å². The number of aromatic nitrogens is 3. The molecule has 2 N–H and O–H groups in total. The molecule has 140 valence electrons. The van der Waals surface area contributed by atoms with Crippen LogP contribution in [0.15, 0.2) is 12.3 Å². The summed E-state index contributed by atoms with van der Waals surface area (Å²) >= 11 is 0. The lowest BCUT2D eigenvalue weighted by molar-refractivity contribution is 0.0562. The number of carbonyl (C=O) groups is 1. The lowest BCUT2D eigenvalue weighted by atomic mass is 9.86. The van der Waals surface area contributed by atoms with Crippen LogP contribution in [0.5, 0.6) is 0 Å². The Kier molecular flexibility index (Phi) is 4.03. The third-order valence-corrected chi connectivity index (χ3v) is 7.29. The highest BCUT2D eigenvalue weighted by molar-refractivity contribution is 7.91. The predicted octanol–water partition coefficient (Wildman–Crippen LogP) is 0.958. The number of rotatable bonds is 3. The van der Waals surface area contributed by atoms with Crippen molar-refractivity contribution in [2.45, 2.75) is 37.6 Å². The molecule has 2 aliphatic rings. The fourth-order valence-corrected chi connectivity index (χ4v) is 6.11. The summed E-state index contributed by atoms with van der Waals surface area (Å²) in [7, 11) is -3.08. The van der Waals surface area contributed by atoms with E-state index in [1.54, 1.807) is 6.07 Å². The van der Waals surface area contributed by atoms with E-state index in [4.69, 9.17) is 15.6 Å². The normalized spacial score (nSPS) is 28.4. The number of hydrogen-bond donors (Lipinski definition) is 1. The van der Waals surface area contributed by atoms with E-state index in [9.17, 15) is 13.2 Å². The first kappa shape index (κ1) is 17.4. The van der Waals surface area contributed by atoms with E-state index in [0.717, 1.165) is 19.4 Å². The van der Waals surface area contributed by atoms with Crippen molar-refractivity contribution in [3.63, 3.8) is 0 Å². The van der Waals surface area contributed by atoms with E-state index in [1.807, 2.05) is 11.6 Å². The number of pyridine rings is 1. The Morgan fingerprint density at radius 1 is 1.46 bits per heavy atom. The molecular formula is C17H22N4O4S.